The van der Waals surface area contributed by atoms with E-state index < -0.39 is 0 Å². The third kappa shape index (κ3) is 3.43. The second-order valence-electron chi connectivity index (χ2n) is 6.46. The largest absolute Gasteiger partial charge is 0.351 e. The Morgan fingerprint density at radius 2 is 2.19 bits per heavy atom. The number of carbonyl (C=O) groups excluding carboxylic acids is 1. The van der Waals surface area contributed by atoms with E-state index in [2.05, 4.69) is 28.2 Å². The second-order valence-corrected chi connectivity index (χ2v) is 8.46. The molecule has 6 nitrogen and oxygen atoms in total. The molecule has 1 N–H and O–H groups in total. The van der Waals surface area contributed by atoms with Crippen LogP contribution in [0.4, 0.5) is 0 Å². The lowest BCUT2D eigenvalue weighted by atomic mass is 10.1. The van der Waals surface area contributed by atoms with E-state index in [-0.39, 0.29) is 12.1 Å². The molecule has 2 aromatic rings. The van der Waals surface area contributed by atoms with Crippen LogP contribution in [0, 0.1) is 0 Å². The maximum atomic E-state index is 13.0. The zero-order valence-corrected chi connectivity index (χ0v) is 17.5. The first-order valence-electron chi connectivity index (χ1n) is 8.89. The fourth-order valence-corrected chi connectivity index (χ4v) is 4.46. The van der Waals surface area contributed by atoms with E-state index in [1.807, 2.05) is 48.1 Å². The molecule has 1 aromatic carbocycles. The molecular weight excluding hydrogens is 426 g/mol. The number of unbranched alkanes of at least 4 members (excludes halogenated alkanes) is 1. The van der Waals surface area contributed by atoms with Crippen molar-refractivity contribution in [1.82, 2.24) is 14.9 Å². The molecule has 1 atom stereocenters. The van der Waals surface area contributed by atoms with Crippen LogP contribution in [0.5, 0.6) is 0 Å². The molecule has 0 bridgehead atoms. The number of carbonyl (C=O) groups is 1. The van der Waals surface area contributed by atoms with Crippen LogP contribution in [0.1, 0.15) is 31.6 Å². The summed E-state index contributed by atoms with van der Waals surface area (Å²) in [7, 11) is 1.98. The summed E-state index contributed by atoms with van der Waals surface area (Å²) in [5, 5.41) is 11.7. The van der Waals surface area contributed by atoms with Gasteiger partial charge in [-0.3, -0.25) is 15.1 Å². The highest BCUT2D eigenvalue weighted by Gasteiger charge is 2.35. The molecule has 3 heterocycles. The summed E-state index contributed by atoms with van der Waals surface area (Å²) >= 11 is 5.07. The van der Waals surface area contributed by atoms with Crippen molar-refractivity contribution in [1.29, 1.82) is 0 Å². The van der Waals surface area contributed by atoms with Crippen molar-refractivity contribution in [2.75, 3.05) is 5.75 Å². The summed E-state index contributed by atoms with van der Waals surface area (Å²) in [4.78, 5) is 17.9. The number of hydrogen-bond donors (Lipinski definition) is 1. The van der Waals surface area contributed by atoms with Crippen molar-refractivity contribution in [3.8, 4) is 0 Å². The van der Waals surface area contributed by atoms with Crippen LogP contribution in [0.25, 0.3) is 5.70 Å². The molecule has 140 valence electrons. The number of aryl methyl sites for hydroxylation is 1. The number of aromatic nitrogens is 1. The predicted molar refractivity (Wildman–Crippen MR) is 111 cm³/mol. The normalized spacial score (nSPS) is 18.4. The van der Waals surface area contributed by atoms with Gasteiger partial charge in [0, 0.05) is 28.7 Å². The number of nitrogens with one attached hydrogen (secondary N) is 1. The van der Waals surface area contributed by atoms with E-state index in [0.29, 0.717) is 10.9 Å². The van der Waals surface area contributed by atoms with Gasteiger partial charge in [-0.15, -0.1) is 5.10 Å². The molecule has 1 aromatic heterocycles. The Balaban J connectivity index is 1.87. The van der Waals surface area contributed by atoms with Gasteiger partial charge in [0.15, 0.2) is 11.3 Å². The average molecular weight is 446 g/mol. The summed E-state index contributed by atoms with van der Waals surface area (Å²) < 4.78 is 2.92. The molecule has 0 radical (unpaired) electrons. The molecule has 0 aliphatic carbocycles. The van der Waals surface area contributed by atoms with Gasteiger partial charge >= 0.3 is 0 Å². The summed E-state index contributed by atoms with van der Waals surface area (Å²) in [6, 6.07) is 9.79. The molecule has 8 heteroatoms. The number of hydrogen-bond acceptors (Lipinski definition) is 5. The Morgan fingerprint density at radius 1 is 1.33 bits per heavy atom. The molecular formula is C19H20BrN5OS. The average Bonchev–Trinajstić information content (AvgIpc) is 3.07. The number of thioether (sulfide) groups is 1. The van der Waals surface area contributed by atoms with Gasteiger partial charge in [-0.2, -0.15) is 0 Å². The smallest absolute Gasteiger partial charge is 0.276 e. The highest BCUT2D eigenvalue weighted by molar-refractivity contribution is 9.10. The highest BCUT2D eigenvalue weighted by Crippen LogP contribution is 2.30. The van der Waals surface area contributed by atoms with Crippen molar-refractivity contribution in [2.24, 2.45) is 17.1 Å². The molecule has 2 aliphatic heterocycles. The number of fused-ring (bicyclic) bond motifs is 2. The van der Waals surface area contributed by atoms with E-state index in [0.717, 1.165) is 39.3 Å². The lowest BCUT2D eigenvalue weighted by Gasteiger charge is -2.34. The maximum Gasteiger partial charge on any atom is 0.276 e. The zero-order chi connectivity index (χ0) is 19.0. The molecule has 2 aliphatic rings. The molecule has 0 unspecified atom stereocenters. The molecule has 0 saturated carbocycles. The minimum Gasteiger partial charge on any atom is -0.351 e. The number of amides is 1. The number of hydrazone groups is 1. The Kier molecular flexibility index (Phi) is 5.10. The SMILES string of the molecule is CCCCSC1=NN2C(=c3cc(Br)ccc3=N[C@@H]2c2cccn2C)C(=O)N1. The van der Waals surface area contributed by atoms with Crippen LogP contribution in [0.15, 0.2) is 51.1 Å². The van der Waals surface area contributed by atoms with Gasteiger partial charge in [-0.05, 0) is 36.8 Å². The van der Waals surface area contributed by atoms with Gasteiger partial charge in [0.2, 0.25) is 0 Å². The van der Waals surface area contributed by atoms with Crippen LogP contribution in [0.3, 0.4) is 0 Å². The lowest BCUT2D eigenvalue weighted by Crippen LogP contribution is -2.50. The molecule has 4 rings (SSSR count). The topological polar surface area (TPSA) is 62.0 Å². The summed E-state index contributed by atoms with van der Waals surface area (Å²) in [5.74, 6) is 0.782. The van der Waals surface area contributed by atoms with Crippen LogP contribution in [0.2, 0.25) is 0 Å². The van der Waals surface area contributed by atoms with Crippen LogP contribution in [-0.4, -0.2) is 26.4 Å². The van der Waals surface area contributed by atoms with E-state index >= 15 is 0 Å². The van der Waals surface area contributed by atoms with Crippen molar-refractivity contribution in [3.05, 3.63) is 57.3 Å². The Labute approximate surface area is 170 Å². The first-order valence-corrected chi connectivity index (χ1v) is 10.7. The summed E-state index contributed by atoms with van der Waals surface area (Å²) in [6.07, 6.45) is 3.79. The predicted octanol–water partition coefficient (Wildman–Crippen LogP) is 2.46. The van der Waals surface area contributed by atoms with Crippen molar-refractivity contribution >= 4 is 44.5 Å². The lowest BCUT2D eigenvalue weighted by molar-refractivity contribution is -0.116. The van der Waals surface area contributed by atoms with E-state index in [9.17, 15) is 4.79 Å². The maximum absolute atomic E-state index is 13.0. The van der Waals surface area contributed by atoms with Gasteiger partial charge in [0.05, 0.1) is 11.1 Å². The van der Waals surface area contributed by atoms with Crippen molar-refractivity contribution in [3.63, 3.8) is 0 Å². The minimum absolute atomic E-state index is 0.141. The number of amidine groups is 1. The third-order valence-corrected chi connectivity index (χ3v) is 6.00. The van der Waals surface area contributed by atoms with E-state index in [1.54, 1.807) is 16.8 Å². The molecule has 1 amide bonds. The first kappa shape index (κ1) is 18.3. The quantitative estimate of drug-likeness (QED) is 0.735. The number of rotatable bonds is 4. The molecule has 27 heavy (non-hydrogen) atoms. The van der Waals surface area contributed by atoms with Crippen molar-refractivity contribution < 1.29 is 4.79 Å². The Morgan fingerprint density at radius 3 is 2.93 bits per heavy atom. The second kappa shape index (κ2) is 7.52. The van der Waals surface area contributed by atoms with Gasteiger partial charge in [-0.25, -0.2) is 5.01 Å². The standard InChI is InChI=1S/C19H20BrN5OS/c1-3-4-10-27-19-22-18(26)16-13-11-12(20)7-8-14(13)21-17(25(16)23-19)15-6-5-9-24(15)2/h5-9,11,17H,3-4,10H2,1-2H3,(H,22,23,26)/t17-/m0/s1. The summed E-state index contributed by atoms with van der Waals surface area (Å²) in [6.45, 7) is 2.15. The molecule has 0 saturated heterocycles. The highest BCUT2D eigenvalue weighted by atomic mass is 79.9. The van der Waals surface area contributed by atoms with E-state index in [1.165, 1.54) is 0 Å². The van der Waals surface area contributed by atoms with Gasteiger partial charge in [0.25, 0.3) is 5.91 Å². The summed E-state index contributed by atoms with van der Waals surface area (Å²) in [5.41, 5.74) is 1.52. The Hall–Kier alpha value is -2.06. The van der Waals surface area contributed by atoms with Crippen LogP contribution >= 0.6 is 27.7 Å². The Bertz CT molecular complexity index is 1040. The fraction of sp³-hybridized carbons (Fsp3) is 0.316. The number of benzene rings is 1. The number of halogens is 1. The van der Waals surface area contributed by atoms with Crippen LogP contribution < -0.4 is 15.9 Å². The first-order chi connectivity index (χ1) is 13.1. The van der Waals surface area contributed by atoms with E-state index in [4.69, 9.17) is 10.1 Å². The zero-order valence-electron chi connectivity index (χ0n) is 15.1. The monoisotopic (exact) mass is 445 g/mol. The molecule has 0 fully saturated rings. The van der Waals surface area contributed by atoms with Crippen LogP contribution in [-0.2, 0) is 11.8 Å². The molecule has 0 spiro atoms. The minimum atomic E-state index is -0.374. The van der Waals surface area contributed by atoms with Gasteiger partial charge in [0.1, 0.15) is 5.70 Å². The van der Waals surface area contributed by atoms with Gasteiger partial charge in [-0.1, -0.05) is 41.0 Å². The third-order valence-electron chi connectivity index (χ3n) is 4.56. The fourth-order valence-electron chi connectivity index (χ4n) is 3.16. The van der Waals surface area contributed by atoms with Gasteiger partial charge < -0.3 is 4.57 Å². The number of nitrogens with zero attached hydrogens (tertiary/aromatic N) is 4. The van der Waals surface area contributed by atoms with Crippen molar-refractivity contribution in [2.45, 2.75) is 25.9 Å².